The summed E-state index contributed by atoms with van der Waals surface area (Å²) in [6.45, 7) is 8.15. The monoisotopic (exact) mass is 310 g/mol. The maximum atomic E-state index is 3.54. The highest BCUT2D eigenvalue weighted by Crippen LogP contribution is 2.19. The molecule has 1 aliphatic heterocycles. The fraction of sp³-hybridized carbons (Fsp3) is 0.600. The molecule has 1 aliphatic rings. The zero-order valence-corrected chi connectivity index (χ0v) is 12.7. The second-order valence-electron chi connectivity index (χ2n) is 5.22. The molecule has 0 amide bonds. The minimum atomic E-state index is 0.840. The lowest BCUT2D eigenvalue weighted by molar-refractivity contribution is 0.314. The average Bonchev–Trinajstić information content (AvgIpc) is 2.80. The second-order valence-corrected chi connectivity index (χ2v) is 6.14. The van der Waals surface area contributed by atoms with Crippen molar-refractivity contribution in [2.45, 2.75) is 26.3 Å². The highest BCUT2D eigenvalue weighted by molar-refractivity contribution is 9.10. The predicted octanol–water partition coefficient (Wildman–Crippen LogP) is 3.27. The molecule has 1 heterocycles. The van der Waals surface area contributed by atoms with Gasteiger partial charge >= 0.3 is 0 Å². The number of hydrogen-bond donors (Lipinski definition) is 1. The van der Waals surface area contributed by atoms with Crippen molar-refractivity contribution in [2.24, 2.45) is 5.92 Å². The molecular weight excluding hydrogens is 288 g/mol. The molecule has 1 N–H and O–H groups in total. The van der Waals surface area contributed by atoms with Crippen molar-refractivity contribution in [2.75, 3.05) is 26.2 Å². The van der Waals surface area contributed by atoms with Crippen molar-refractivity contribution in [3.63, 3.8) is 0 Å². The Morgan fingerprint density at radius 1 is 1.33 bits per heavy atom. The van der Waals surface area contributed by atoms with Crippen LogP contribution < -0.4 is 5.32 Å². The second kappa shape index (κ2) is 7.27. The van der Waals surface area contributed by atoms with Gasteiger partial charge in [-0.15, -0.1) is 0 Å². The maximum Gasteiger partial charge on any atom is 0.0233 e. The standard InChI is InChI=1S/C15H23BrN2/c1-2-8-17-10-14-7-9-18(12-14)11-13-3-5-15(16)6-4-13/h3-6,14,17H,2,7-12H2,1H3. The van der Waals surface area contributed by atoms with E-state index in [1.165, 1.54) is 38.0 Å². The molecule has 0 radical (unpaired) electrons. The van der Waals surface area contributed by atoms with E-state index >= 15 is 0 Å². The number of likely N-dealkylation sites (tertiary alicyclic amines) is 1. The summed E-state index contributed by atoms with van der Waals surface area (Å²) in [4.78, 5) is 2.57. The van der Waals surface area contributed by atoms with E-state index < -0.39 is 0 Å². The van der Waals surface area contributed by atoms with Crippen LogP contribution in [0.25, 0.3) is 0 Å². The van der Waals surface area contributed by atoms with Crippen molar-refractivity contribution < 1.29 is 0 Å². The van der Waals surface area contributed by atoms with E-state index in [1.807, 2.05) is 0 Å². The van der Waals surface area contributed by atoms with Crippen LogP contribution in [0.15, 0.2) is 28.7 Å². The van der Waals surface area contributed by atoms with Crippen LogP contribution in [0.4, 0.5) is 0 Å². The van der Waals surface area contributed by atoms with Crippen LogP contribution in [0, 0.1) is 5.92 Å². The van der Waals surface area contributed by atoms with Crippen molar-refractivity contribution in [1.29, 1.82) is 0 Å². The van der Waals surface area contributed by atoms with Gasteiger partial charge in [0.2, 0.25) is 0 Å². The summed E-state index contributed by atoms with van der Waals surface area (Å²) in [6, 6.07) is 8.69. The Bertz CT molecular complexity index is 350. The first-order chi connectivity index (χ1) is 8.78. The van der Waals surface area contributed by atoms with E-state index in [0.717, 1.165) is 23.5 Å². The minimum absolute atomic E-state index is 0.840. The lowest BCUT2D eigenvalue weighted by Gasteiger charge is -2.16. The van der Waals surface area contributed by atoms with Crippen LogP contribution in [0.3, 0.4) is 0 Å². The largest absolute Gasteiger partial charge is 0.316 e. The van der Waals surface area contributed by atoms with Gasteiger partial charge in [-0.3, -0.25) is 4.90 Å². The average molecular weight is 311 g/mol. The molecule has 0 aliphatic carbocycles. The Hall–Kier alpha value is -0.380. The summed E-state index contributed by atoms with van der Waals surface area (Å²) in [7, 11) is 0. The predicted molar refractivity (Wildman–Crippen MR) is 80.7 cm³/mol. The van der Waals surface area contributed by atoms with Crippen molar-refractivity contribution in [1.82, 2.24) is 10.2 Å². The van der Waals surface area contributed by atoms with Gasteiger partial charge in [-0.1, -0.05) is 35.0 Å². The third-order valence-electron chi connectivity index (χ3n) is 3.55. The Morgan fingerprint density at radius 2 is 2.11 bits per heavy atom. The molecule has 0 aromatic heterocycles. The highest BCUT2D eigenvalue weighted by Gasteiger charge is 2.21. The number of rotatable bonds is 6. The lowest BCUT2D eigenvalue weighted by atomic mass is 10.1. The Labute approximate surface area is 119 Å². The molecule has 2 rings (SSSR count). The van der Waals surface area contributed by atoms with E-state index in [-0.39, 0.29) is 0 Å². The molecule has 2 nitrogen and oxygen atoms in total. The van der Waals surface area contributed by atoms with Gasteiger partial charge in [0, 0.05) is 17.6 Å². The van der Waals surface area contributed by atoms with Crippen molar-refractivity contribution in [3.8, 4) is 0 Å². The summed E-state index contributed by atoms with van der Waals surface area (Å²) < 4.78 is 1.16. The molecule has 3 heteroatoms. The number of halogens is 1. The first-order valence-corrected chi connectivity index (χ1v) is 7.74. The van der Waals surface area contributed by atoms with E-state index in [9.17, 15) is 0 Å². The van der Waals surface area contributed by atoms with Gasteiger partial charge in [0.05, 0.1) is 0 Å². The van der Waals surface area contributed by atoms with Gasteiger partial charge < -0.3 is 5.32 Å². The van der Waals surface area contributed by atoms with Crippen LogP contribution in [0.2, 0.25) is 0 Å². The number of nitrogens with one attached hydrogen (secondary N) is 1. The Kier molecular flexibility index (Phi) is 5.67. The van der Waals surface area contributed by atoms with Gasteiger partial charge in [-0.2, -0.15) is 0 Å². The molecule has 1 aromatic rings. The van der Waals surface area contributed by atoms with Gasteiger partial charge in [0.15, 0.2) is 0 Å². The van der Waals surface area contributed by atoms with Crippen LogP contribution in [0.1, 0.15) is 25.3 Å². The highest BCUT2D eigenvalue weighted by atomic mass is 79.9. The normalized spacial score (nSPS) is 20.4. The summed E-state index contributed by atoms with van der Waals surface area (Å²) in [5, 5.41) is 3.54. The molecule has 1 atom stereocenters. The van der Waals surface area contributed by atoms with Crippen LogP contribution in [-0.4, -0.2) is 31.1 Å². The fourth-order valence-corrected chi connectivity index (χ4v) is 2.82. The third-order valence-corrected chi connectivity index (χ3v) is 4.08. The molecule has 18 heavy (non-hydrogen) atoms. The van der Waals surface area contributed by atoms with Crippen molar-refractivity contribution in [3.05, 3.63) is 34.3 Å². The molecule has 100 valence electrons. The van der Waals surface area contributed by atoms with Gasteiger partial charge in [0.25, 0.3) is 0 Å². The first-order valence-electron chi connectivity index (χ1n) is 6.95. The Balaban J connectivity index is 1.73. The third kappa shape index (κ3) is 4.38. The zero-order valence-electron chi connectivity index (χ0n) is 11.2. The lowest BCUT2D eigenvalue weighted by Crippen LogP contribution is -2.26. The number of hydrogen-bond acceptors (Lipinski definition) is 2. The number of nitrogens with zero attached hydrogens (tertiary/aromatic N) is 1. The van der Waals surface area contributed by atoms with Gasteiger partial charge in [-0.25, -0.2) is 0 Å². The van der Waals surface area contributed by atoms with Crippen LogP contribution in [-0.2, 0) is 6.54 Å². The van der Waals surface area contributed by atoms with Crippen LogP contribution >= 0.6 is 15.9 Å². The molecular formula is C15H23BrN2. The van der Waals surface area contributed by atoms with E-state index in [1.54, 1.807) is 0 Å². The summed E-state index contributed by atoms with van der Waals surface area (Å²) in [5.74, 6) is 0.840. The topological polar surface area (TPSA) is 15.3 Å². The summed E-state index contributed by atoms with van der Waals surface area (Å²) >= 11 is 3.48. The maximum absolute atomic E-state index is 3.54. The van der Waals surface area contributed by atoms with E-state index in [4.69, 9.17) is 0 Å². The Morgan fingerprint density at radius 3 is 2.83 bits per heavy atom. The number of benzene rings is 1. The van der Waals surface area contributed by atoms with E-state index in [0.29, 0.717) is 0 Å². The minimum Gasteiger partial charge on any atom is -0.316 e. The van der Waals surface area contributed by atoms with Crippen molar-refractivity contribution >= 4 is 15.9 Å². The first kappa shape index (κ1) is 14.0. The quantitative estimate of drug-likeness (QED) is 0.811. The SMILES string of the molecule is CCCNCC1CCN(Cc2ccc(Br)cc2)C1. The molecule has 1 unspecified atom stereocenters. The summed E-state index contributed by atoms with van der Waals surface area (Å²) in [5.41, 5.74) is 1.42. The molecule has 0 bridgehead atoms. The molecule has 1 saturated heterocycles. The van der Waals surface area contributed by atoms with Gasteiger partial charge in [-0.05, 0) is 56.1 Å². The van der Waals surface area contributed by atoms with E-state index in [2.05, 4.69) is 57.3 Å². The zero-order chi connectivity index (χ0) is 12.8. The molecule has 1 fully saturated rings. The molecule has 1 aromatic carbocycles. The summed E-state index contributed by atoms with van der Waals surface area (Å²) in [6.07, 6.45) is 2.57. The van der Waals surface area contributed by atoms with Crippen LogP contribution in [0.5, 0.6) is 0 Å². The van der Waals surface area contributed by atoms with Gasteiger partial charge in [0.1, 0.15) is 0 Å². The molecule has 0 spiro atoms. The fourth-order valence-electron chi connectivity index (χ4n) is 2.55. The smallest absolute Gasteiger partial charge is 0.0233 e. The molecule has 0 saturated carbocycles.